The standard InChI is InChI=1S/C22H28O4/c1-19-8-5-15(23)13-14(19)3-4-17-16-6-9-21(10-7-18(24)26-21)20(16,2)11-12-22(17,19)25/h3-4,13,16-17,25H,5-12H2,1-2H3/t16-,17-,19-,20-,21+,22+/m0/s1. The minimum Gasteiger partial charge on any atom is -0.458 e. The average molecular weight is 356 g/mol. The molecule has 1 saturated heterocycles. The number of esters is 1. The van der Waals surface area contributed by atoms with Crippen LogP contribution in [-0.2, 0) is 14.3 Å². The molecule has 6 atom stereocenters. The molecule has 1 spiro atoms. The molecule has 2 saturated carbocycles. The molecule has 0 bridgehead atoms. The van der Waals surface area contributed by atoms with E-state index in [-0.39, 0.29) is 34.1 Å². The lowest BCUT2D eigenvalue weighted by Crippen LogP contribution is -2.63. The van der Waals surface area contributed by atoms with Gasteiger partial charge in [-0.2, -0.15) is 0 Å². The van der Waals surface area contributed by atoms with Gasteiger partial charge in [-0.05, 0) is 56.1 Å². The lowest BCUT2D eigenvalue weighted by Gasteiger charge is -2.61. The first-order valence-corrected chi connectivity index (χ1v) is 10.1. The number of hydrogen-bond acceptors (Lipinski definition) is 4. The van der Waals surface area contributed by atoms with Crippen LogP contribution in [0.3, 0.4) is 0 Å². The molecule has 0 aromatic rings. The second kappa shape index (κ2) is 4.89. The Kier molecular flexibility index (Phi) is 3.15. The fourth-order valence-electron chi connectivity index (χ4n) is 7.24. The highest BCUT2D eigenvalue weighted by atomic mass is 16.6. The molecule has 4 heteroatoms. The lowest BCUT2D eigenvalue weighted by molar-refractivity contribution is -0.194. The number of aliphatic hydroxyl groups is 1. The molecule has 5 rings (SSSR count). The van der Waals surface area contributed by atoms with E-state index in [4.69, 9.17) is 4.74 Å². The van der Waals surface area contributed by atoms with Crippen molar-refractivity contribution in [3.05, 3.63) is 23.8 Å². The van der Waals surface area contributed by atoms with E-state index in [1.165, 1.54) is 0 Å². The SMILES string of the molecule is C[C@]12CCC(=O)C=C1C=C[C@H]1[C@@H]3CC[C@@]4(CCC(=O)O4)[C@@]3(C)CC[C@@]12O. The van der Waals surface area contributed by atoms with Crippen LogP contribution in [0, 0.1) is 22.7 Å². The van der Waals surface area contributed by atoms with Gasteiger partial charge in [0.1, 0.15) is 5.60 Å². The van der Waals surface area contributed by atoms with Crippen molar-refractivity contribution in [1.29, 1.82) is 0 Å². The van der Waals surface area contributed by atoms with Crippen LogP contribution in [0.15, 0.2) is 23.8 Å². The zero-order chi connectivity index (χ0) is 18.4. The largest absolute Gasteiger partial charge is 0.458 e. The maximum Gasteiger partial charge on any atom is 0.306 e. The summed E-state index contributed by atoms with van der Waals surface area (Å²) in [5, 5.41) is 12.0. The summed E-state index contributed by atoms with van der Waals surface area (Å²) in [5.74, 6) is 0.493. The van der Waals surface area contributed by atoms with Crippen LogP contribution in [0.25, 0.3) is 0 Å². The van der Waals surface area contributed by atoms with Crippen molar-refractivity contribution in [2.75, 3.05) is 0 Å². The molecule has 4 nitrogen and oxygen atoms in total. The molecule has 1 aliphatic heterocycles. The van der Waals surface area contributed by atoms with E-state index in [2.05, 4.69) is 26.0 Å². The quantitative estimate of drug-likeness (QED) is 0.675. The predicted molar refractivity (Wildman–Crippen MR) is 96.1 cm³/mol. The van der Waals surface area contributed by atoms with Gasteiger partial charge in [0.15, 0.2) is 5.78 Å². The van der Waals surface area contributed by atoms with Gasteiger partial charge in [0.05, 0.1) is 5.60 Å². The fraction of sp³-hybridized carbons (Fsp3) is 0.727. The Labute approximate surface area is 154 Å². The van der Waals surface area contributed by atoms with Gasteiger partial charge in [0.2, 0.25) is 0 Å². The van der Waals surface area contributed by atoms with Crippen LogP contribution in [0.5, 0.6) is 0 Å². The van der Waals surface area contributed by atoms with E-state index in [1.54, 1.807) is 6.08 Å². The van der Waals surface area contributed by atoms with Crippen LogP contribution in [-0.4, -0.2) is 28.1 Å². The Balaban J connectivity index is 1.58. The fourth-order valence-corrected chi connectivity index (χ4v) is 7.24. The van der Waals surface area contributed by atoms with Crippen LogP contribution in [0.2, 0.25) is 0 Å². The Morgan fingerprint density at radius 1 is 1.08 bits per heavy atom. The zero-order valence-electron chi connectivity index (χ0n) is 15.7. The van der Waals surface area contributed by atoms with E-state index in [0.29, 0.717) is 25.2 Å². The maximum atomic E-state index is 12.0. The molecule has 1 heterocycles. The highest BCUT2D eigenvalue weighted by molar-refractivity contribution is 5.92. The Bertz CT molecular complexity index is 766. The summed E-state index contributed by atoms with van der Waals surface area (Å²) in [5.41, 5.74) is -0.571. The summed E-state index contributed by atoms with van der Waals surface area (Å²) in [6.07, 6.45) is 12.1. The molecule has 26 heavy (non-hydrogen) atoms. The first kappa shape index (κ1) is 16.7. The monoisotopic (exact) mass is 356 g/mol. The Hall–Kier alpha value is -1.42. The summed E-state index contributed by atoms with van der Waals surface area (Å²) in [7, 11) is 0. The first-order valence-electron chi connectivity index (χ1n) is 10.1. The van der Waals surface area contributed by atoms with Crippen LogP contribution >= 0.6 is 0 Å². The highest BCUT2D eigenvalue weighted by Gasteiger charge is 2.70. The van der Waals surface area contributed by atoms with Crippen molar-refractivity contribution in [2.45, 2.75) is 76.4 Å². The van der Waals surface area contributed by atoms with Crippen molar-refractivity contribution in [3.63, 3.8) is 0 Å². The zero-order valence-corrected chi connectivity index (χ0v) is 15.7. The maximum absolute atomic E-state index is 12.0. The number of allylic oxidation sites excluding steroid dienone is 2. The molecule has 0 aromatic carbocycles. The van der Waals surface area contributed by atoms with Gasteiger partial charge >= 0.3 is 5.97 Å². The van der Waals surface area contributed by atoms with Gasteiger partial charge in [0, 0.05) is 29.6 Å². The number of carbonyl (C=O) groups is 2. The van der Waals surface area contributed by atoms with E-state index < -0.39 is 5.60 Å². The van der Waals surface area contributed by atoms with Gasteiger partial charge in [-0.25, -0.2) is 0 Å². The Morgan fingerprint density at radius 2 is 1.88 bits per heavy atom. The van der Waals surface area contributed by atoms with Gasteiger partial charge in [-0.1, -0.05) is 26.0 Å². The molecule has 5 aliphatic rings. The van der Waals surface area contributed by atoms with E-state index in [1.807, 2.05) is 0 Å². The average Bonchev–Trinajstić information content (AvgIpc) is 3.11. The third-order valence-electron chi connectivity index (χ3n) is 9.03. The van der Waals surface area contributed by atoms with Gasteiger partial charge in [-0.15, -0.1) is 0 Å². The summed E-state index contributed by atoms with van der Waals surface area (Å²) in [6.45, 7) is 4.43. The summed E-state index contributed by atoms with van der Waals surface area (Å²) < 4.78 is 5.94. The van der Waals surface area contributed by atoms with Crippen molar-refractivity contribution in [1.82, 2.24) is 0 Å². The minimum atomic E-state index is -0.813. The second-order valence-corrected chi connectivity index (χ2v) is 9.74. The van der Waals surface area contributed by atoms with Crippen LogP contribution in [0.4, 0.5) is 0 Å². The molecule has 0 aromatic heterocycles. The molecular weight excluding hydrogens is 328 g/mol. The topological polar surface area (TPSA) is 63.6 Å². The van der Waals surface area contributed by atoms with Crippen molar-refractivity contribution >= 4 is 11.8 Å². The number of carbonyl (C=O) groups excluding carboxylic acids is 2. The first-order chi connectivity index (χ1) is 12.2. The molecule has 3 fully saturated rings. The summed E-state index contributed by atoms with van der Waals surface area (Å²) in [4.78, 5) is 23.8. The van der Waals surface area contributed by atoms with Gasteiger partial charge in [0.25, 0.3) is 0 Å². The third kappa shape index (κ3) is 1.75. The Morgan fingerprint density at radius 3 is 2.62 bits per heavy atom. The number of fused-ring (bicyclic) bond motifs is 6. The minimum absolute atomic E-state index is 0.0603. The molecule has 0 amide bonds. The van der Waals surface area contributed by atoms with Crippen molar-refractivity contribution in [2.24, 2.45) is 22.7 Å². The third-order valence-corrected chi connectivity index (χ3v) is 9.03. The molecule has 140 valence electrons. The summed E-state index contributed by atoms with van der Waals surface area (Å²) in [6, 6.07) is 0. The second-order valence-electron chi connectivity index (χ2n) is 9.74. The van der Waals surface area contributed by atoms with Gasteiger partial charge in [-0.3, -0.25) is 9.59 Å². The predicted octanol–water partition coefficient (Wildman–Crippen LogP) is 3.49. The smallest absolute Gasteiger partial charge is 0.306 e. The lowest BCUT2D eigenvalue weighted by atomic mass is 9.45. The van der Waals surface area contributed by atoms with Gasteiger partial charge < -0.3 is 9.84 Å². The van der Waals surface area contributed by atoms with Crippen LogP contribution < -0.4 is 0 Å². The number of ketones is 1. The number of hydrogen-bond donors (Lipinski definition) is 1. The summed E-state index contributed by atoms with van der Waals surface area (Å²) >= 11 is 0. The van der Waals surface area contributed by atoms with E-state index in [9.17, 15) is 14.7 Å². The van der Waals surface area contributed by atoms with E-state index >= 15 is 0 Å². The molecule has 1 N–H and O–H groups in total. The van der Waals surface area contributed by atoms with Crippen molar-refractivity contribution < 1.29 is 19.4 Å². The van der Waals surface area contributed by atoms with E-state index in [0.717, 1.165) is 37.7 Å². The van der Waals surface area contributed by atoms with Crippen molar-refractivity contribution in [3.8, 4) is 0 Å². The molecule has 4 aliphatic carbocycles. The normalized spacial score (nSPS) is 52.3. The molecule has 0 radical (unpaired) electrons. The van der Waals surface area contributed by atoms with Crippen LogP contribution in [0.1, 0.15) is 65.2 Å². The number of rotatable bonds is 0. The molecule has 0 unspecified atom stereocenters. The number of ether oxygens (including phenoxy) is 1. The highest BCUT2D eigenvalue weighted by Crippen LogP contribution is 2.69. The molecular formula is C22H28O4.